The van der Waals surface area contributed by atoms with Gasteiger partial charge in [-0.15, -0.1) is 0 Å². The summed E-state index contributed by atoms with van der Waals surface area (Å²) in [5, 5.41) is 0. The fourth-order valence-electron chi connectivity index (χ4n) is 9.96. The molecule has 0 aliphatic rings. The largest absolute Gasteiger partial charge is 0.756 e. The van der Waals surface area contributed by atoms with Crippen molar-refractivity contribution < 1.29 is 42.1 Å². The maximum atomic E-state index is 12.8. The van der Waals surface area contributed by atoms with Gasteiger partial charge in [-0.25, -0.2) is 0 Å². The molecule has 0 fully saturated rings. The first-order chi connectivity index (χ1) is 38.0. The molecular formula is C68H130NO8P. The number of esters is 2. The van der Waals surface area contributed by atoms with Gasteiger partial charge in [-0.1, -0.05) is 307 Å². The first-order valence-corrected chi connectivity index (χ1v) is 35.2. The maximum absolute atomic E-state index is 12.8. The van der Waals surface area contributed by atoms with E-state index in [1.165, 1.54) is 250 Å². The molecule has 0 radical (unpaired) electrons. The summed E-state index contributed by atoms with van der Waals surface area (Å²) in [5.74, 6) is -0.817. The molecule has 460 valence electrons. The summed E-state index contributed by atoms with van der Waals surface area (Å²) in [7, 11) is 1.18. The van der Waals surface area contributed by atoms with Gasteiger partial charge in [-0.05, 0) is 51.4 Å². The second-order valence-electron chi connectivity index (χ2n) is 24.2. The Morgan fingerprint density at radius 1 is 0.397 bits per heavy atom. The van der Waals surface area contributed by atoms with Crippen molar-refractivity contribution in [2.24, 2.45) is 0 Å². The number of phosphoric acid groups is 1. The molecule has 0 N–H and O–H groups in total. The molecule has 10 heteroatoms. The van der Waals surface area contributed by atoms with Crippen LogP contribution >= 0.6 is 7.82 Å². The zero-order valence-electron chi connectivity index (χ0n) is 52.4. The summed E-state index contributed by atoms with van der Waals surface area (Å²) in [6, 6.07) is 0. The lowest BCUT2D eigenvalue weighted by Gasteiger charge is -2.28. The lowest BCUT2D eigenvalue weighted by molar-refractivity contribution is -0.870. The molecule has 0 bridgehead atoms. The summed E-state index contributed by atoms with van der Waals surface area (Å²) >= 11 is 0. The molecule has 9 nitrogen and oxygen atoms in total. The van der Waals surface area contributed by atoms with E-state index in [1.807, 2.05) is 21.1 Å². The fourth-order valence-corrected chi connectivity index (χ4v) is 10.7. The highest BCUT2D eigenvalue weighted by Gasteiger charge is 2.22. The van der Waals surface area contributed by atoms with E-state index in [2.05, 4.69) is 50.3 Å². The van der Waals surface area contributed by atoms with Crippen molar-refractivity contribution in [3.8, 4) is 0 Å². The molecule has 0 aromatic heterocycles. The average Bonchev–Trinajstić information content (AvgIpc) is 3.41. The van der Waals surface area contributed by atoms with E-state index >= 15 is 0 Å². The number of phosphoric ester groups is 1. The molecule has 0 saturated heterocycles. The minimum absolute atomic E-state index is 0.0292. The zero-order valence-corrected chi connectivity index (χ0v) is 53.3. The molecule has 0 aliphatic heterocycles. The van der Waals surface area contributed by atoms with Crippen LogP contribution in [0, 0.1) is 0 Å². The highest BCUT2D eigenvalue weighted by molar-refractivity contribution is 7.45. The Labute approximate surface area is 484 Å². The van der Waals surface area contributed by atoms with Crippen molar-refractivity contribution in [1.82, 2.24) is 0 Å². The standard InChI is InChI=1S/C68H130NO8P/c1-6-8-10-12-14-16-18-20-22-24-26-28-30-32-34-36-38-40-42-44-46-48-50-52-54-56-58-60-67(70)74-64-66(65-76-78(72,73)75-63-62-69(3,4)5)77-68(71)61-59-57-55-53-51-49-47-45-43-41-39-37-35-33-31-29-27-25-23-21-19-17-15-13-11-9-7-2/h19,21,25,27,31,33,66H,6-18,20,22-24,26,28-30,32,34-65H2,1-5H3/b21-19-,27-25-,33-31-. The summed E-state index contributed by atoms with van der Waals surface area (Å²) in [4.78, 5) is 38.0. The molecule has 0 aliphatic carbocycles. The van der Waals surface area contributed by atoms with E-state index in [4.69, 9.17) is 18.5 Å². The number of allylic oxidation sites excluding steroid dienone is 6. The van der Waals surface area contributed by atoms with Gasteiger partial charge in [0.05, 0.1) is 27.7 Å². The minimum Gasteiger partial charge on any atom is -0.756 e. The van der Waals surface area contributed by atoms with Gasteiger partial charge in [0.25, 0.3) is 7.82 Å². The van der Waals surface area contributed by atoms with Crippen LogP contribution in [0.1, 0.15) is 335 Å². The number of ether oxygens (including phenoxy) is 2. The molecule has 0 aromatic rings. The van der Waals surface area contributed by atoms with Crippen LogP contribution in [0.2, 0.25) is 0 Å². The van der Waals surface area contributed by atoms with Crippen LogP contribution in [0.5, 0.6) is 0 Å². The lowest BCUT2D eigenvalue weighted by atomic mass is 10.0. The van der Waals surface area contributed by atoms with Crippen molar-refractivity contribution in [2.75, 3.05) is 47.5 Å². The van der Waals surface area contributed by atoms with E-state index < -0.39 is 26.5 Å². The molecule has 0 spiro atoms. The third kappa shape index (κ3) is 63.4. The third-order valence-electron chi connectivity index (χ3n) is 15.2. The van der Waals surface area contributed by atoms with Gasteiger partial charge in [0.2, 0.25) is 0 Å². The Kier molecular flexibility index (Phi) is 58.5. The molecular weight excluding hydrogens is 990 g/mol. The van der Waals surface area contributed by atoms with Gasteiger partial charge in [-0.3, -0.25) is 14.2 Å². The van der Waals surface area contributed by atoms with Crippen LogP contribution in [-0.2, 0) is 32.7 Å². The number of likely N-dealkylation sites (N-methyl/N-ethyl adjacent to an activating group) is 1. The molecule has 2 unspecified atom stereocenters. The van der Waals surface area contributed by atoms with Gasteiger partial charge < -0.3 is 27.9 Å². The van der Waals surface area contributed by atoms with Gasteiger partial charge in [-0.2, -0.15) is 0 Å². The summed E-state index contributed by atoms with van der Waals surface area (Å²) in [6.07, 6.45) is 75.0. The zero-order chi connectivity index (χ0) is 57.0. The van der Waals surface area contributed by atoms with Crippen molar-refractivity contribution in [3.63, 3.8) is 0 Å². The van der Waals surface area contributed by atoms with Crippen LogP contribution in [0.25, 0.3) is 0 Å². The number of carbonyl (C=O) groups excluding carboxylic acids is 2. The quantitative estimate of drug-likeness (QED) is 0.0195. The topological polar surface area (TPSA) is 111 Å². The molecule has 78 heavy (non-hydrogen) atoms. The maximum Gasteiger partial charge on any atom is 0.306 e. The number of hydrogen-bond acceptors (Lipinski definition) is 8. The average molecular weight is 1120 g/mol. The predicted octanol–water partition coefficient (Wildman–Crippen LogP) is 20.9. The minimum atomic E-state index is -4.64. The van der Waals surface area contributed by atoms with Crippen molar-refractivity contribution in [2.45, 2.75) is 341 Å². The number of rotatable bonds is 63. The van der Waals surface area contributed by atoms with Crippen LogP contribution in [0.3, 0.4) is 0 Å². The van der Waals surface area contributed by atoms with E-state index in [1.54, 1.807) is 0 Å². The van der Waals surface area contributed by atoms with Crippen LogP contribution in [0.4, 0.5) is 0 Å². The smallest absolute Gasteiger partial charge is 0.306 e. The van der Waals surface area contributed by atoms with E-state index in [0.29, 0.717) is 17.4 Å². The summed E-state index contributed by atoms with van der Waals surface area (Å²) in [6.45, 7) is 4.29. The van der Waals surface area contributed by atoms with Crippen LogP contribution in [0.15, 0.2) is 36.5 Å². The number of carbonyl (C=O) groups is 2. The number of nitrogens with zero attached hydrogens (tertiary/aromatic N) is 1. The Hall–Kier alpha value is -1.77. The van der Waals surface area contributed by atoms with Crippen LogP contribution < -0.4 is 4.89 Å². The molecule has 0 rings (SSSR count). The van der Waals surface area contributed by atoms with E-state index in [9.17, 15) is 19.0 Å². The summed E-state index contributed by atoms with van der Waals surface area (Å²) in [5.41, 5.74) is 0. The highest BCUT2D eigenvalue weighted by Crippen LogP contribution is 2.38. The molecule has 2 atom stereocenters. The Morgan fingerprint density at radius 3 is 1.03 bits per heavy atom. The molecule has 0 heterocycles. The van der Waals surface area contributed by atoms with Crippen LogP contribution in [-0.4, -0.2) is 70.0 Å². The number of unbranched alkanes of at least 4 members (excludes halogenated alkanes) is 43. The monoisotopic (exact) mass is 1120 g/mol. The molecule has 0 aromatic carbocycles. The number of quaternary nitrogens is 1. The highest BCUT2D eigenvalue weighted by atomic mass is 31.2. The van der Waals surface area contributed by atoms with Crippen molar-refractivity contribution in [3.05, 3.63) is 36.5 Å². The SMILES string of the molecule is CCCCCCC/C=C\C/C=C\C/C=C\CCCCCCCCCCCCCCC(=O)OC(COC(=O)CCCCCCCCCCCCCCCCCCCCCCCCCCCCC)COP(=O)([O-])OCC[N+](C)(C)C. The normalized spacial score (nSPS) is 13.4. The van der Waals surface area contributed by atoms with Gasteiger partial charge >= 0.3 is 11.9 Å². The second kappa shape index (κ2) is 59.8. The van der Waals surface area contributed by atoms with E-state index in [0.717, 1.165) is 51.4 Å². The van der Waals surface area contributed by atoms with Gasteiger partial charge in [0, 0.05) is 12.8 Å². The van der Waals surface area contributed by atoms with Crippen molar-refractivity contribution in [1.29, 1.82) is 0 Å². The lowest BCUT2D eigenvalue weighted by Crippen LogP contribution is -2.37. The summed E-state index contributed by atoms with van der Waals surface area (Å²) < 4.78 is 34.3. The first-order valence-electron chi connectivity index (χ1n) is 33.7. The third-order valence-corrected chi connectivity index (χ3v) is 16.1. The number of hydrogen-bond donors (Lipinski definition) is 0. The molecule has 0 saturated carbocycles. The van der Waals surface area contributed by atoms with Gasteiger partial charge in [0.15, 0.2) is 6.10 Å². The van der Waals surface area contributed by atoms with E-state index in [-0.39, 0.29) is 32.0 Å². The Morgan fingerprint density at radius 2 is 0.692 bits per heavy atom. The van der Waals surface area contributed by atoms with Gasteiger partial charge in [0.1, 0.15) is 19.8 Å². The Bertz CT molecular complexity index is 1410. The Balaban J connectivity index is 4.04. The fraction of sp³-hybridized carbons (Fsp3) is 0.882. The van der Waals surface area contributed by atoms with Crippen molar-refractivity contribution >= 4 is 19.8 Å². The molecule has 0 amide bonds. The first kappa shape index (κ1) is 76.2. The predicted molar refractivity (Wildman–Crippen MR) is 333 cm³/mol. The second-order valence-corrected chi connectivity index (χ2v) is 25.6.